The van der Waals surface area contributed by atoms with E-state index in [-0.39, 0.29) is 5.79 Å². The lowest BCUT2D eigenvalue weighted by Gasteiger charge is -2.35. The van der Waals surface area contributed by atoms with Gasteiger partial charge in [-0.05, 0) is 18.4 Å². The fourth-order valence-corrected chi connectivity index (χ4v) is 2.91. The monoisotopic (exact) mass is 247 g/mol. The number of benzene rings is 1. The highest BCUT2D eigenvalue weighted by Crippen LogP contribution is 2.35. The van der Waals surface area contributed by atoms with Gasteiger partial charge in [-0.15, -0.1) is 0 Å². The maximum atomic E-state index is 5.74. The lowest BCUT2D eigenvalue weighted by atomic mass is 9.90. The molecule has 0 bridgehead atoms. The third kappa shape index (κ3) is 2.74. The average Bonchev–Trinajstić information content (AvgIpc) is 2.88. The average molecular weight is 247 g/mol. The predicted molar refractivity (Wildman–Crippen MR) is 70.2 cm³/mol. The van der Waals surface area contributed by atoms with Gasteiger partial charge in [-0.2, -0.15) is 0 Å². The molecular weight excluding hydrogens is 226 g/mol. The van der Waals surface area contributed by atoms with Crippen molar-refractivity contribution < 1.29 is 9.47 Å². The van der Waals surface area contributed by atoms with Crippen molar-refractivity contribution in [3.8, 4) is 0 Å². The smallest absolute Gasteiger partial charge is 0.168 e. The first-order valence-corrected chi connectivity index (χ1v) is 6.92. The van der Waals surface area contributed by atoms with E-state index in [0.717, 1.165) is 45.4 Å². The molecule has 3 rings (SSSR count). The van der Waals surface area contributed by atoms with E-state index in [9.17, 15) is 0 Å². The van der Waals surface area contributed by atoms with Gasteiger partial charge in [0.05, 0.1) is 13.2 Å². The third-order valence-corrected chi connectivity index (χ3v) is 4.00. The molecule has 1 aromatic carbocycles. The SMILES string of the molecule is c1ccc(CNC2CCC3(CC2)OCCO3)cc1. The molecule has 1 aliphatic heterocycles. The fourth-order valence-electron chi connectivity index (χ4n) is 2.91. The molecule has 0 aromatic heterocycles. The van der Waals surface area contributed by atoms with E-state index in [1.54, 1.807) is 0 Å². The van der Waals surface area contributed by atoms with Gasteiger partial charge < -0.3 is 14.8 Å². The summed E-state index contributed by atoms with van der Waals surface area (Å²) in [6.07, 6.45) is 4.35. The molecule has 1 spiro atoms. The maximum Gasteiger partial charge on any atom is 0.168 e. The minimum atomic E-state index is -0.231. The van der Waals surface area contributed by atoms with E-state index >= 15 is 0 Å². The first kappa shape index (κ1) is 12.2. The van der Waals surface area contributed by atoms with Gasteiger partial charge in [0.15, 0.2) is 5.79 Å². The zero-order valence-corrected chi connectivity index (χ0v) is 10.7. The molecule has 1 aliphatic carbocycles. The summed E-state index contributed by atoms with van der Waals surface area (Å²) in [5, 5.41) is 3.63. The number of hydrogen-bond acceptors (Lipinski definition) is 3. The van der Waals surface area contributed by atoms with Crippen molar-refractivity contribution in [1.82, 2.24) is 5.32 Å². The van der Waals surface area contributed by atoms with Crippen LogP contribution in [0.15, 0.2) is 30.3 Å². The highest BCUT2D eigenvalue weighted by molar-refractivity contribution is 5.14. The number of hydrogen-bond donors (Lipinski definition) is 1. The quantitative estimate of drug-likeness (QED) is 0.890. The van der Waals surface area contributed by atoms with Gasteiger partial charge in [0.25, 0.3) is 0 Å². The largest absolute Gasteiger partial charge is 0.348 e. The van der Waals surface area contributed by atoms with Gasteiger partial charge in [-0.3, -0.25) is 0 Å². The van der Waals surface area contributed by atoms with Crippen LogP contribution in [-0.4, -0.2) is 25.0 Å². The van der Waals surface area contributed by atoms with Gasteiger partial charge in [0.1, 0.15) is 0 Å². The van der Waals surface area contributed by atoms with E-state index in [1.165, 1.54) is 5.56 Å². The Kier molecular flexibility index (Phi) is 3.64. The zero-order chi connectivity index (χ0) is 12.3. The first-order valence-electron chi connectivity index (χ1n) is 6.92. The Morgan fingerprint density at radius 1 is 1.06 bits per heavy atom. The van der Waals surface area contributed by atoms with Gasteiger partial charge in [-0.25, -0.2) is 0 Å². The van der Waals surface area contributed by atoms with Gasteiger partial charge in [0, 0.05) is 25.4 Å². The lowest BCUT2D eigenvalue weighted by molar-refractivity contribution is -0.179. The summed E-state index contributed by atoms with van der Waals surface area (Å²) in [6, 6.07) is 11.2. The van der Waals surface area contributed by atoms with Crippen molar-refractivity contribution >= 4 is 0 Å². The third-order valence-electron chi connectivity index (χ3n) is 4.00. The first-order chi connectivity index (χ1) is 8.86. The van der Waals surface area contributed by atoms with Crippen LogP contribution in [0.25, 0.3) is 0 Å². The van der Waals surface area contributed by atoms with Crippen molar-refractivity contribution in [2.75, 3.05) is 13.2 Å². The van der Waals surface area contributed by atoms with E-state index in [1.807, 2.05) is 0 Å². The molecule has 18 heavy (non-hydrogen) atoms. The van der Waals surface area contributed by atoms with Gasteiger partial charge in [-0.1, -0.05) is 30.3 Å². The predicted octanol–water partition coefficient (Wildman–Crippen LogP) is 2.46. The molecule has 0 atom stereocenters. The second-order valence-electron chi connectivity index (χ2n) is 5.25. The summed E-state index contributed by atoms with van der Waals surface area (Å²) < 4.78 is 11.5. The second kappa shape index (κ2) is 5.39. The minimum Gasteiger partial charge on any atom is -0.348 e. The highest BCUT2D eigenvalue weighted by atomic mass is 16.7. The molecule has 1 saturated carbocycles. The van der Waals surface area contributed by atoms with Crippen LogP contribution in [0.4, 0.5) is 0 Å². The molecule has 2 aliphatic rings. The van der Waals surface area contributed by atoms with Crippen LogP contribution >= 0.6 is 0 Å². The molecule has 98 valence electrons. The Bertz CT molecular complexity index is 363. The molecule has 3 nitrogen and oxygen atoms in total. The lowest BCUT2D eigenvalue weighted by Crippen LogP contribution is -2.41. The van der Waals surface area contributed by atoms with E-state index in [0.29, 0.717) is 6.04 Å². The summed E-state index contributed by atoms with van der Waals surface area (Å²) in [5.74, 6) is -0.231. The normalized spacial score (nSPS) is 23.6. The highest BCUT2D eigenvalue weighted by Gasteiger charge is 2.39. The fraction of sp³-hybridized carbons (Fsp3) is 0.600. The van der Waals surface area contributed by atoms with Crippen LogP contribution in [0.2, 0.25) is 0 Å². The van der Waals surface area contributed by atoms with E-state index < -0.39 is 0 Å². The van der Waals surface area contributed by atoms with Crippen LogP contribution < -0.4 is 5.32 Å². The number of nitrogens with one attached hydrogen (secondary N) is 1. The van der Waals surface area contributed by atoms with Crippen molar-refractivity contribution in [2.24, 2.45) is 0 Å². The molecule has 1 N–H and O–H groups in total. The topological polar surface area (TPSA) is 30.5 Å². The summed E-state index contributed by atoms with van der Waals surface area (Å²) in [4.78, 5) is 0. The standard InChI is InChI=1S/C15H21NO2/c1-2-4-13(5-3-1)12-16-14-6-8-15(9-7-14)17-10-11-18-15/h1-5,14,16H,6-12H2. The Labute approximate surface area is 108 Å². The molecule has 0 radical (unpaired) electrons. The summed E-state index contributed by atoms with van der Waals surface area (Å²) in [6.45, 7) is 2.49. The molecule has 0 amide bonds. The van der Waals surface area contributed by atoms with E-state index in [4.69, 9.17) is 9.47 Å². The van der Waals surface area contributed by atoms with Crippen LogP contribution in [0.3, 0.4) is 0 Å². The molecular formula is C15H21NO2. The van der Waals surface area contributed by atoms with Crippen LogP contribution in [0.1, 0.15) is 31.2 Å². The summed E-state index contributed by atoms with van der Waals surface area (Å²) >= 11 is 0. The molecule has 1 saturated heterocycles. The maximum absolute atomic E-state index is 5.74. The number of rotatable bonds is 3. The van der Waals surface area contributed by atoms with Crippen molar-refractivity contribution in [3.63, 3.8) is 0 Å². The number of ether oxygens (including phenoxy) is 2. The second-order valence-corrected chi connectivity index (χ2v) is 5.25. The molecule has 2 fully saturated rings. The minimum absolute atomic E-state index is 0.231. The molecule has 1 aromatic rings. The van der Waals surface area contributed by atoms with Crippen molar-refractivity contribution in [1.29, 1.82) is 0 Å². The van der Waals surface area contributed by atoms with Gasteiger partial charge >= 0.3 is 0 Å². The van der Waals surface area contributed by atoms with E-state index in [2.05, 4.69) is 35.6 Å². The van der Waals surface area contributed by atoms with Crippen molar-refractivity contribution in [2.45, 2.75) is 44.1 Å². The Morgan fingerprint density at radius 3 is 2.39 bits per heavy atom. The van der Waals surface area contributed by atoms with Crippen LogP contribution in [0.5, 0.6) is 0 Å². The molecule has 3 heteroatoms. The molecule has 0 unspecified atom stereocenters. The van der Waals surface area contributed by atoms with Crippen LogP contribution in [-0.2, 0) is 16.0 Å². The Morgan fingerprint density at radius 2 is 1.72 bits per heavy atom. The summed E-state index contributed by atoms with van der Waals surface area (Å²) in [7, 11) is 0. The van der Waals surface area contributed by atoms with Crippen molar-refractivity contribution in [3.05, 3.63) is 35.9 Å². The Hall–Kier alpha value is -0.900. The van der Waals surface area contributed by atoms with Crippen LogP contribution in [0, 0.1) is 0 Å². The summed E-state index contributed by atoms with van der Waals surface area (Å²) in [5.41, 5.74) is 1.35. The van der Waals surface area contributed by atoms with Gasteiger partial charge in [0.2, 0.25) is 0 Å². The molecule has 1 heterocycles. The Balaban J connectivity index is 1.46. The zero-order valence-electron chi connectivity index (χ0n) is 10.7.